The molecule has 2 heterocycles. The van der Waals surface area contributed by atoms with Gasteiger partial charge in [-0.2, -0.15) is 8.42 Å². The van der Waals surface area contributed by atoms with Gasteiger partial charge in [-0.05, 0) is 31.2 Å². The molecule has 7 heteroatoms. The molecule has 0 radical (unpaired) electrons. The normalized spacial score (nSPS) is 11.3. The van der Waals surface area contributed by atoms with E-state index in [1.807, 2.05) is 0 Å². The van der Waals surface area contributed by atoms with Crippen LogP contribution in [0.5, 0.6) is 0 Å². The Bertz CT molecular complexity index is 662. The van der Waals surface area contributed by atoms with Crippen LogP contribution in [0, 0.1) is 5.82 Å². The lowest BCUT2D eigenvalue weighted by atomic mass is 10.4. The second kappa shape index (κ2) is 5.31. The fraction of sp³-hybridized carbons (Fsp3) is 0.167. The van der Waals surface area contributed by atoms with Gasteiger partial charge in [0.25, 0.3) is 10.0 Å². The number of sulfonamides is 1. The molecule has 0 unspecified atom stereocenters. The smallest absolute Gasteiger partial charge is 0.265 e. The molecule has 5 nitrogen and oxygen atoms in total. The third-order valence-corrected chi connectivity index (χ3v) is 4.34. The van der Waals surface area contributed by atoms with E-state index in [-0.39, 0.29) is 6.54 Å². The zero-order valence-electron chi connectivity index (χ0n) is 10.2. The summed E-state index contributed by atoms with van der Waals surface area (Å²) in [5, 5.41) is -0.575. The topological polar surface area (TPSA) is 63.2 Å². The summed E-state index contributed by atoms with van der Waals surface area (Å²) < 4.78 is 39.5. The molecular formula is C12H12FN3O2S. The fourth-order valence-electron chi connectivity index (χ4n) is 1.67. The third-order valence-electron chi connectivity index (χ3n) is 2.50. The minimum Gasteiger partial charge on any atom is -0.265 e. The van der Waals surface area contributed by atoms with Gasteiger partial charge in [0.15, 0.2) is 5.82 Å². The molecule has 2 aromatic heterocycles. The summed E-state index contributed by atoms with van der Waals surface area (Å²) in [5.74, 6) is -0.866. The summed E-state index contributed by atoms with van der Waals surface area (Å²) in [6, 6.07) is 5.50. The Kier molecular flexibility index (Phi) is 3.75. The first-order chi connectivity index (χ1) is 9.07. The van der Waals surface area contributed by atoms with Crippen molar-refractivity contribution in [1.82, 2.24) is 9.97 Å². The van der Waals surface area contributed by atoms with Gasteiger partial charge in [-0.25, -0.2) is 9.37 Å². The predicted molar refractivity (Wildman–Crippen MR) is 68.6 cm³/mol. The number of pyridine rings is 2. The van der Waals surface area contributed by atoms with E-state index in [0.29, 0.717) is 5.69 Å². The van der Waals surface area contributed by atoms with Crippen LogP contribution in [-0.4, -0.2) is 24.9 Å². The molecule has 0 atom stereocenters. The van der Waals surface area contributed by atoms with Gasteiger partial charge in [-0.3, -0.25) is 9.29 Å². The average Bonchev–Trinajstić information content (AvgIpc) is 2.40. The average molecular weight is 281 g/mol. The molecule has 2 rings (SSSR count). The third kappa shape index (κ3) is 2.55. The first-order valence-electron chi connectivity index (χ1n) is 5.60. The van der Waals surface area contributed by atoms with E-state index in [1.54, 1.807) is 19.1 Å². The maximum absolute atomic E-state index is 13.6. The second-order valence-electron chi connectivity index (χ2n) is 3.67. The van der Waals surface area contributed by atoms with Crippen LogP contribution < -0.4 is 4.31 Å². The van der Waals surface area contributed by atoms with Crippen LogP contribution in [0.2, 0.25) is 0 Å². The number of rotatable bonds is 4. The molecule has 0 fully saturated rings. The van der Waals surface area contributed by atoms with Gasteiger partial charge in [0.05, 0.1) is 5.69 Å². The van der Waals surface area contributed by atoms with Gasteiger partial charge in [0.1, 0.15) is 0 Å². The van der Waals surface area contributed by atoms with Crippen molar-refractivity contribution in [3.63, 3.8) is 0 Å². The van der Waals surface area contributed by atoms with E-state index in [1.165, 1.54) is 24.7 Å². The van der Waals surface area contributed by atoms with Crippen LogP contribution in [0.3, 0.4) is 0 Å². The van der Waals surface area contributed by atoms with Crippen LogP contribution >= 0.6 is 0 Å². The molecule has 0 aliphatic rings. The van der Waals surface area contributed by atoms with Crippen molar-refractivity contribution in [2.75, 3.05) is 10.8 Å². The first kappa shape index (κ1) is 13.4. The van der Waals surface area contributed by atoms with Gasteiger partial charge in [-0.15, -0.1) is 0 Å². The molecule has 0 N–H and O–H groups in total. The Morgan fingerprint density at radius 3 is 2.47 bits per heavy atom. The van der Waals surface area contributed by atoms with Crippen LogP contribution in [0.4, 0.5) is 10.1 Å². The standard InChI is InChI=1S/C12H12FN3O2S/c1-2-16(10-5-8-14-9-6-10)19(17,18)12-11(13)4-3-7-15-12/h3-9H,2H2,1H3. The highest BCUT2D eigenvalue weighted by Gasteiger charge is 2.27. The molecule has 0 amide bonds. The van der Waals surface area contributed by atoms with Crippen molar-refractivity contribution < 1.29 is 12.8 Å². The molecule has 0 aromatic carbocycles. The maximum atomic E-state index is 13.6. The highest BCUT2D eigenvalue weighted by molar-refractivity contribution is 7.92. The van der Waals surface area contributed by atoms with Crippen molar-refractivity contribution in [3.8, 4) is 0 Å². The van der Waals surface area contributed by atoms with Gasteiger partial charge in [0, 0.05) is 25.1 Å². The van der Waals surface area contributed by atoms with E-state index in [4.69, 9.17) is 0 Å². The number of halogens is 1. The Morgan fingerprint density at radius 2 is 1.89 bits per heavy atom. The van der Waals surface area contributed by atoms with Crippen molar-refractivity contribution in [2.24, 2.45) is 0 Å². The second-order valence-corrected chi connectivity index (χ2v) is 5.44. The van der Waals surface area contributed by atoms with E-state index in [9.17, 15) is 12.8 Å². The van der Waals surface area contributed by atoms with Crippen LogP contribution in [-0.2, 0) is 10.0 Å². The van der Waals surface area contributed by atoms with Gasteiger partial charge >= 0.3 is 0 Å². The van der Waals surface area contributed by atoms with Gasteiger partial charge in [-0.1, -0.05) is 0 Å². The molecule has 19 heavy (non-hydrogen) atoms. The quantitative estimate of drug-likeness (QED) is 0.857. The monoisotopic (exact) mass is 281 g/mol. The first-order valence-corrected chi connectivity index (χ1v) is 7.04. The van der Waals surface area contributed by atoms with Crippen molar-refractivity contribution in [3.05, 3.63) is 48.7 Å². The minimum absolute atomic E-state index is 0.169. The number of hydrogen-bond donors (Lipinski definition) is 0. The number of anilines is 1. The number of hydrogen-bond acceptors (Lipinski definition) is 4. The summed E-state index contributed by atoms with van der Waals surface area (Å²) >= 11 is 0. The van der Waals surface area contributed by atoms with Gasteiger partial charge in [0.2, 0.25) is 5.03 Å². The predicted octanol–water partition coefficient (Wildman–Crippen LogP) is 1.83. The Morgan fingerprint density at radius 1 is 1.21 bits per heavy atom. The molecular weight excluding hydrogens is 269 g/mol. The molecule has 0 saturated heterocycles. The SMILES string of the molecule is CCN(c1ccncc1)S(=O)(=O)c1ncccc1F. The van der Waals surface area contributed by atoms with Crippen LogP contribution in [0.25, 0.3) is 0 Å². The fourth-order valence-corrected chi connectivity index (χ4v) is 3.12. The summed E-state index contributed by atoms with van der Waals surface area (Å²) in [6.07, 6.45) is 4.20. The summed E-state index contributed by atoms with van der Waals surface area (Å²) in [5.41, 5.74) is 0.419. The Balaban J connectivity index is 2.52. The summed E-state index contributed by atoms with van der Waals surface area (Å²) in [6.45, 7) is 1.83. The maximum Gasteiger partial charge on any atom is 0.284 e. The van der Waals surface area contributed by atoms with E-state index in [0.717, 1.165) is 10.4 Å². The summed E-state index contributed by atoms with van der Waals surface area (Å²) in [7, 11) is -4.02. The lowest BCUT2D eigenvalue weighted by molar-refractivity contribution is 0.551. The number of nitrogens with zero attached hydrogens (tertiary/aromatic N) is 3. The lowest BCUT2D eigenvalue weighted by Gasteiger charge is -2.22. The molecule has 2 aromatic rings. The minimum atomic E-state index is -4.02. The van der Waals surface area contributed by atoms with E-state index >= 15 is 0 Å². The highest BCUT2D eigenvalue weighted by atomic mass is 32.2. The van der Waals surface area contributed by atoms with Crippen molar-refractivity contribution >= 4 is 15.7 Å². The van der Waals surface area contributed by atoms with Crippen molar-refractivity contribution in [2.45, 2.75) is 11.9 Å². The largest absolute Gasteiger partial charge is 0.284 e. The molecule has 0 bridgehead atoms. The van der Waals surface area contributed by atoms with Gasteiger partial charge < -0.3 is 0 Å². The van der Waals surface area contributed by atoms with Crippen LogP contribution in [0.15, 0.2) is 47.9 Å². The van der Waals surface area contributed by atoms with Crippen LogP contribution in [0.1, 0.15) is 6.92 Å². The highest BCUT2D eigenvalue weighted by Crippen LogP contribution is 2.22. The molecule has 100 valence electrons. The molecule has 0 aliphatic carbocycles. The van der Waals surface area contributed by atoms with Crippen molar-refractivity contribution in [1.29, 1.82) is 0 Å². The number of aromatic nitrogens is 2. The Hall–Kier alpha value is -2.02. The van der Waals surface area contributed by atoms with E-state index in [2.05, 4.69) is 9.97 Å². The lowest BCUT2D eigenvalue weighted by Crippen LogP contribution is -2.32. The zero-order valence-corrected chi connectivity index (χ0v) is 11.0. The molecule has 0 aliphatic heterocycles. The summed E-state index contributed by atoms with van der Waals surface area (Å²) in [4.78, 5) is 7.45. The molecule has 0 saturated carbocycles. The molecule has 0 spiro atoms. The Labute approximate surface area is 110 Å². The van der Waals surface area contributed by atoms with E-state index < -0.39 is 20.9 Å². The zero-order chi connectivity index (χ0) is 13.9.